The zero-order valence-electron chi connectivity index (χ0n) is 16.4. The van der Waals surface area contributed by atoms with Crippen LogP contribution in [0.15, 0.2) is 53.3 Å². The van der Waals surface area contributed by atoms with Crippen LogP contribution in [0.4, 0.5) is 8.78 Å². The van der Waals surface area contributed by atoms with E-state index < -0.39 is 17.4 Å². The Bertz CT molecular complexity index is 952. The number of nitrogens with zero attached hydrogens (tertiary/aromatic N) is 1. The normalized spacial score (nSPS) is 10.6. The Balaban J connectivity index is 1.70. The molecule has 0 N–H and O–H groups in total. The van der Waals surface area contributed by atoms with E-state index in [1.54, 1.807) is 31.2 Å². The summed E-state index contributed by atoms with van der Waals surface area (Å²) < 4.78 is 49.9. The monoisotopic (exact) mass is 417 g/mol. The molecule has 3 aromatic rings. The minimum absolute atomic E-state index is 0.0175. The third-order valence-corrected chi connectivity index (χ3v) is 4.09. The summed E-state index contributed by atoms with van der Waals surface area (Å²) in [5.74, 6) is -1.78. The molecule has 0 amide bonds. The number of carbonyl (C=O) groups is 1. The van der Waals surface area contributed by atoms with Gasteiger partial charge in [-0.05, 0) is 55.3 Å². The highest BCUT2D eigenvalue weighted by Gasteiger charge is 2.17. The fourth-order valence-electron chi connectivity index (χ4n) is 2.74. The molecular weight excluding hydrogens is 396 g/mol. The van der Waals surface area contributed by atoms with E-state index in [1.807, 2.05) is 0 Å². The second-order valence-electron chi connectivity index (χ2n) is 6.25. The molecule has 0 saturated heterocycles. The van der Waals surface area contributed by atoms with E-state index in [4.69, 9.17) is 18.6 Å². The highest BCUT2D eigenvalue weighted by atomic mass is 19.1. The number of benzene rings is 1. The number of pyridine rings is 1. The Morgan fingerprint density at radius 1 is 1.13 bits per heavy atom. The van der Waals surface area contributed by atoms with Gasteiger partial charge in [0.15, 0.2) is 17.4 Å². The minimum Gasteiger partial charge on any atom is -0.488 e. The van der Waals surface area contributed by atoms with Crippen LogP contribution in [0.1, 0.15) is 25.5 Å². The van der Waals surface area contributed by atoms with Crippen LogP contribution in [0.3, 0.4) is 0 Å². The number of ether oxygens (including phenoxy) is 3. The van der Waals surface area contributed by atoms with Crippen molar-refractivity contribution in [3.63, 3.8) is 0 Å². The van der Waals surface area contributed by atoms with Crippen LogP contribution in [0.5, 0.6) is 11.6 Å². The van der Waals surface area contributed by atoms with Crippen molar-refractivity contribution < 1.29 is 32.2 Å². The molecule has 0 spiro atoms. The van der Waals surface area contributed by atoms with Gasteiger partial charge in [0.25, 0.3) is 0 Å². The van der Waals surface area contributed by atoms with Crippen LogP contribution in [-0.4, -0.2) is 24.2 Å². The van der Waals surface area contributed by atoms with E-state index in [0.717, 1.165) is 12.1 Å². The fourth-order valence-corrected chi connectivity index (χ4v) is 2.74. The maximum atomic E-state index is 14.5. The second-order valence-corrected chi connectivity index (χ2v) is 6.25. The first-order valence-corrected chi connectivity index (χ1v) is 9.46. The zero-order chi connectivity index (χ0) is 21.3. The number of aromatic nitrogens is 1. The first kappa shape index (κ1) is 21.3. The lowest BCUT2D eigenvalue weighted by atomic mass is 10.1. The number of halogens is 2. The summed E-state index contributed by atoms with van der Waals surface area (Å²) in [6, 6.07) is 9.08. The quantitative estimate of drug-likeness (QED) is 0.344. The van der Waals surface area contributed by atoms with Crippen LogP contribution >= 0.6 is 0 Å². The predicted molar refractivity (Wildman–Crippen MR) is 104 cm³/mol. The summed E-state index contributed by atoms with van der Waals surface area (Å²) in [5.41, 5.74) is 0.683. The Labute approximate surface area is 172 Å². The second kappa shape index (κ2) is 10.4. The van der Waals surface area contributed by atoms with Crippen LogP contribution in [0, 0.1) is 11.6 Å². The predicted octanol–water partition coefficient (Wildman–Crippen LogP) is 4.92. The maximum Gasteiger partial charge on any atom is 0.305 e. The molecule has 0 aliphatic carbocycles. The third-order valence-electron chi connectivity index (χ3n) is 4.09. The molecule has 0 saturated carbocycles. The summed E-state index contributed by atoms with van der Waals surface area (Å²) in [6.45, 7) is 2.10. The lowest BCUT2D eigenvalue weighted by Crippen LogP contribution is -2.08. The number of rotatable bonds is 10. The first-order valence-electron chi connectivity index (χ1n) is 9.46. The summed E-state index contributed by atoms with van der Waals surface area (Å²) in [7, 11) is 0. The average Bonchev–Trinajstić information content (AvgIpc) is 3.25. The van der Waals surface area contributed by atoms with Gasteiger partial charge >= 0.3 is 5.97 Å². The van der Waals surface area contributed by atoms with E-state index >= 15 is 0 Å². The smallest absolute Gasteiger partial charge is 0.305 e. The van der Waals surface area contributed by atoms with Crippen LogP contribution in [0.2, 0.25) is 0 Å². The van der Waals surface area contributed by atoms with Gasteiger partial charge in [0.2, 0.25) is 5.88 Å². The lowest BCUT2D eigenvalue weighted by Gasteiger charge is -2.12. The van der Waals surface area contributed by atoms with Gasteiger partial charge in [0.05, 0.1) is 19.5 Å². The highest BCUT2D eigenvalue weighted by molar-refractivity contribution is 5.70. The Kier molecular flexibility index (Phi) is 7.37. The number of hydrogen-bond donors (Lipinski definition) is 0. The maximum absolute atomic E-state index is 14.5. The van der Waals surface area contributed by atoms with E-state index in [0.29, 0.717) is 11.3 Å². The molecule has 158 valence electrons. The number of hydrogen-bond acceptors (Lipinski definition) is 6. The Morgan fingerprint density at radius 3 is 2.63 bits per heavy atom. The highest BCUT2D eigenvalue weighted by Crippen LogP contribution is 2.33. The lowest BCUT2D eigenvalue weighted by molar-refractivity contribution is -0.143. The van der Waals surface area contributed by atoms with Crippen molar-refractivity contribution >= 4 is 5.97 Å². The van der Waals surface area contributed by atoms with Gasteiger partial charge in [0, 0.05) is 18.2 Å². The van der Waals surface area contributed by atoms with Gasteiger partial charge < -0.3 is 18.6 Å². The van der Waals surface area contributed by atoms with E-state index in [9.17, 15) is 13.6 Å². The Morgan fingerprint density at radius 2 is 1.93 bits per heavy atom. The van der Waals surface area contributed by atoms with Crippen molar-refractivity contribution in [3.05, 3.63) is 66.3 Å². The zero-order valence-corrected chi connectivity index (χ0v) is 16.4. The molecule has 0 aliphatic rings. The van der Waals surface area contributed by atoms with Gasteiger partial charge in [-0.15, -0.1) is 0 Å². The first-order chi connectivity index (χ1) is 14.6. The van der Waals surface area contributed by atoms with Gasteiger partial charge in [-0.25, -0.2) is 13.8 Å². The van der Waals surface area contributed by atoms with Gasteiger partial charge in [-0.1, -0.05) is 0 Å². The third kappa shape index (κ3) is 5.56. The number of furan rings is 1. The van der Waals surface area contributed by atoms with Crippen molar-refractivity contribution in [2.75, 3.05) is 13.2 Å². The molecule has 8 heteroatoms. The molecule has 30 heavy (non-hydrogen) atoms. The molecule has 3 rings (SSSR count). The summed E-state index contributed by atoms with van der Waals surface area (Å²) >= 11 is 0. The van der Waals surface area contributed by atoms with Crippen LogP contribution < -0.4 is 9.47 Å². The molecule has 0 fully saturated rings. The SMILES string of the molecule is CCOC(=O)CCCOc1c(F)cc(-c2cccnc2OCc2ccco2)cc1F. The number of esters is 1. The molecule has 6 nitrogen and oxygen atoms in total. The van der Waals surface area contributed by atoms with E-state index in [-0.39, 0.29) is 50.1 Å². The molecule has 1 aromatic carbocycles. The topological polar surface area (TPSA) is 70.8 Å². The molecule has 0 aliphatic heterocycles. The summed E-state index contributed by atoms with van der Waals surface area (Å²) in [5, 5.41) is 0. The minimum atomic E-state index is -0.859. The summed E-state index contributed by atoms with van der Waals surface area (Å²) in [6.07, 6.45) is 3.44. The van der Waals surface area contributed by atoms with Gasteiger partial charge in [0.1, 0.15) is 12.4 Å². The molecule has 2 aromatic heterocycles. The average molecular weight is 417 g/mol. The van der Waals surface area contributed by atoms with E-state index in [2.05, 4.69) is 4.98 Å². The molecule has 0 unspecified atom stereocenters. The summed E-state index contributed by atoms with van der Waals surface area (Å²) in [4.78, 5) is 15.4. The largest absolute Gasteiger partial charge is 0.488 e. The van der Waals surface area contributed by atoms with Crippen molar-refractivity contribution in [2.24, 2.45) is 0 Å². The molecular formula is C22H21F2NO5. The number of carbonyl (C=O) groups excluding carboxylic acids is 1. The van der Waals surface area contributed by atoms with E-state index in [1.165, 1.54) is 12.5 Å². The molecule has 0 atom stereocenters. The Hall–Kier alpha value is -3.42. The molecule has 0 radical (unpaired) electrons. The van der Waals surface area contributed by atoms with Crippen molar-refractivity contribution in [1.82, 2.24) is 4.98 Å². The van der Waals surface area contributed by atoms with Crippen molar-refractivity contribution in [2.45, 2.75) is 26.4 Å². The van der Waals surface area contributed by atoms with Gasteiger partial charge in [-0.3, -0.25) is 4.79 Å². The standard InChI is InChI=1S/C22H21F2NO5/c1-2-27-20(26)8-5-11-29-21-18(23)12-15(13-19(21)24)17-7-3-9-25-22(17)30-14-16-6-4-10-28-16/h3-4,6-7,9-10,12-13H,2,5,8,11,14H2,1H3. The van der Waals surface area contributed by atoms with Crippen molar-refractivity contribution in [3.8, 4) is 22.8 Å². The fraction of sp³-hybridized carbons (Fsp3) is 0.273. The molecule has 0 bridgehead atoms. The molecule has 2 heterocycles. The van der Waals surface area contributed by atoms with Crippen molar-refractivity contribution in [1.29, 1.82) is 0 Å². The van der Waals surface area contributed by atoms with Crippen LogP contribution in [-0.2, 0) is 16.1 Å². The van der Waals surface area contributed by atoms with Crippen LogP contribution in [0.25, 0.3) is 11.1 Å². The van der Waals surface area contributed by atoms with Gasteiger partial charge in [-0.2, -0.15) is 0 Å².